The number of hydrogen-bond acceptors (Lipinski definition) is 3. The smallest absolute Gasteiger partial charge is 0.260 e. The summed E-state index contributed by atoms with van der Waals surface area (Å²) in [6, 6.07) is 0. The average molecular weight is 167 g/mol. The van der Waals surface area contributed by atoms with Crippen LogP contribution in [0.5, 0.6) is 0 Å². The van der Waals surface area contributed by atoms with Gasteiger partial charge in [0, 0.05) is 18.6 Å². The van der Waals surface area contributed by atoms with Gasteiger partial charge in [0.15, 0.2) is 0 Å². The summed E-state index contributed by atoms with van der Waals surface area (Å²) in [4.78, 5) is 33.6. The molecule has 1 heterocycles. The molecular formula is C8H9NO3. The predicted molar refractivity (Wildman–Crippen MR) is 40.9 cm³/mol. The Kier molecular flexibility index (Phi) is 2.38. The molecule has 4 heteroatoms. The normalized spacial score (nSPS) is 15.9. The lowest BCUT2D eigenvalue weighted by molar-refractivity contribution is -0.148. The zero-order valence-electron chi connectivity index (χ0n) is 6.74. The van der Waals surface area contributed by atoms with Crippen LogP contribution in [0.15, 0.2) is 12.2 Å². The molecule has 0 N–H and O–H groups in total. The molecule has 0 unspecified atom stereocenters. The van der Waals surface area contributed by atoms with Gasteiger partial charge in [-0.15, -0.1) is 0 Å². The number of nitrogens with zero attached hydrogens (tertiary/aromatic N) is 1. The highest BCUT2D eigenvalue weighted by atomic mass is 16.2. The lowest BCUT2D eigenvalue weighted by atomic mass is 10.3. The van der Waals surface area contributed by atoms with E-state index in [1.807, 2.05) is 6.92 Å². The molecule has 12 heavy (non-hydrogen) atoms. The highest BCUT2D eigenvalue weighted by Gasteiger charge is 2.28. The number of carbonyl (C=O) groups is 3. The van der Waals surface area contributed by atoms with Crippen molar-refractivity contribution in [1.82, 2.24) is 4.90 Å². The third kappa shape index (κ3) is 1.42. The van der Waals surface area contributed by atoms with Crippen molar-refractivity contribution in [1.29, 1.82) is 0 Å². The van der Waals surface area contributed by atoms with Gasteiger partial charge in [-0.25, -0.2) is 4.90 Å². The van der Waals surface area contributed by atoms with Crippen LogP contribution in [0.25, 0.3) is 0 Å². The third-order valence-corrected chi connectivity index (χ3v) is 1.52. The van der Waals surface area contributed by atoms with Crippen LogP contribution >= 0.6 is 0 Å². The van der Waals surface area contributed by atoms with Crippen molar-refractivity contribution >= 4 is 17.7 Å². The van der Waals surface area contributed by atoms with Crippen molar-refractivity contribution in [2.75, 3.05) is 0 Å². The molecule has 0 saturated heterocycles. The first-order valence-corrected chi connectivity index (χ1v) is 3.75. The Morgan fingerprint density at radius 2 is 1.83 bits per heavy atom. The highest BCUT2D eigenvalue weighted by Crippen LogP contribution is 2.06. The molecule has 4 nitrogen and oxygen atoms in total. The maximum atomic E-state index is 11.1. The van der Waals surface area contributed by atoms with Crippen LogP contribution in [0.2, 0.25) is 0 Å². The maximum absolute atomic E-state index is 11.1. The van der Waals surface area contributed by atoms with Crippen molar-refractivity contribution in [2.45, 2.75) is 19.8 Å². The summed E-state index contributed by atoms with van der Waals surface area (Å²) < 4.78 is 0. The van der Waals surface area contributed by atoms with Crippen LogP contribution in [0, 0.1) is 0 Å². The van der Waals surface area contributed by atoms with Crippen LogP contribution < -0.4 is 0 Å². The molecule has 0 aromatic carbocycles. The fraction of sp³-hybridized carbons (Fsp3) is 0.375. The number of imide groups is 3. The van der Waals surface area contributed by atoms with Crippen molar-refractivity contribution in [3.8, 4) is 0 Å². The van der Waals surface area contributed by atoms with Crippen LogP contribution in [-0.2, 0) is 14.4 Å². The van der Waals surface area contributed by atoms with Gasteiger partial charge in [0.25, 0.3) is 11.8 Å². The van der Waals surface area contributed by atoms with E-state index in [9.17, 15) is 14.4 Å². The minimum absolute atomic E-state index is 0.235. The first-order chi connectivity index (χ1) is 5.66. The van der Waals surface area contributed by atoms with Crippen LogP contribution in [-0.4, -0.2) is 22.6 Å². The van der Waals surface area contributed by atoms with E-state index in [2.05, 4.69) is 0 Å². The van der Waals surface area contributed by atoms with Gasteiger partial charge >= 0.3 is 0 Å². The molecule has 0 aromatic heterocycles. The van der Waals surface area contributed by atoms with Crippen molar-refractivity contribution in [2.24, 2.45) is 0 Å². The van der Waals surface area contributed by atoms with E-state index in [1.165, 1.54) is 0 Å². The summed E-state index contributed by atoms with van der Waals surface area (Å²) in [5, 5.41) is 0. The van der Waals surface area contributed by atoms with E-state index in [0.717, 1.165) is 12.2 Å². The molecule has 1 rings (SSSR count). The van der Waals surface area contributed by atoms with Gasteiger partial charge in [0.05, 0.1) is 0 Å². The Morgan fingerprint density at radius 1 is 1.33 bits per heavy atom. The van der Waals surface area contributed by atoms with Crippen LogP contribution in [0.3, 0.4) is 0 Å². The minimum atomic E-state index is -0.529. The van der Waals surface area contributed by atoms with E-state index in [4.69, 9.17) is 0 Å². The van der Waals surface area contributed by atoms with Gasteiger partial charge in [0.1, 0.15) is 0 Å². The van der Waals surface area contributed by atoms with Crippen LogP contribution in [0.1, 0.15) is 19.8 Å². The van der Waals surface area contributed by atoms with Gasteiger partial charge in [-0.2, -0.15) is 0 Å². The molecule has 64 valence electrons. The lowest BCUT2D eigenvalue weighted by Crippen LogP contribution is -2.35. The molecule has 0 aliphatic carbocycles. The monoisotopic (exact) mass is 167 g/mol. The van der Waals surface area contributed by atoms with Crippen LogP contribution in [0.4, 0.5) is 0 Å². The predicted octanol–water partition coefficient (Wildman–Crippen LogP) is 0.238. The lowest BCUT2D eigenvalue weighted by Gasteiger charge is -2.09. The van der Waals surface area contributed by atoms with Gasteiger partial charge in [-0.05, 0) is 6.42 Å². The second kappa shape index (κ2) is 3.30. The molecule has 1 aliphatic rings. The van der Waals surface area contributed by atoms with E-state index >= 15 is 0 Å². The second-order valence-corrected chi connectivity index (χ2v) is 2.49. The fourth-order valence-corrected chi connectivity index (χ4v) is 0.972. The third-order valence-electron chi connectivity index (χ3n) is 1.52. The number of amides is 3. The summed E-state index contributed by atoms with van der Waals surface area (Å²) in [6.45, 7) is 1.82. The summed E-state index contributed by atoms with van der Waals surface area (Å²) in [5.74, 6) is -1.48. The molecule has 0 bridgehead atoms. The zero-order chi connectivity index (χ0) is 9.14. The maximum Gasteiger partial charge on any atom is 0.260 e. The van der Waals surface area contributed by atoms with Gasteiger partial charge in [0.2, 0.25) is 5.91 Å². The number of hydrogen-bond donors (Lipinski definition) is 0. The molecule has 0 atom stereocenters. The van der Waals surface area contributed by atoms with E-state index in [1.54, 1.807) is 0 Å². The number of carbonyl (C=O) groups excluding carboxylic acids is 3. The van der Waals surface area contributed by atoms with Gasteiger partial charge in [-0.3, -0.25) is 14.4 Å². The van der Waals surface area contributed by atoms with Crippen molar-refractivity contribution in [3.63, 3.8) is 0 Å². The Labute approximate surface area is 69.8 Å². The summed E-state index contributed by atoms with van der Waals surface area (Å²) >= 11 is 0. The highest BCUT2D eigenvalue weighted by molar-refractivity contribution is 6.22. The molecular weight excluding hydrogens is 158 g/mol. The molecule has 1 aliphatic heterocycles. The quantitative estimate of drug-likeness (QED) is 0.553. The summed E-state index contributed by atoms with van der Waals surface area (Å²) in [7, 11) is 0. The Morgan fingerprint density at radius 3 is 2.25 bits per heavy atom. The summed E-state index contributed by atoms with van der Waals surface area (Å²) in [5.41, 5.74) is 0. The fourth-order valence-electron chi connectivity index (χ4n) is 0.972. The van der Waals surface area contributed by atoms with Crippen molar-refractivity contribution in [3.05, 3.63) is 12.2 Å². The molecule has 0 saturated carbocycles. The zero-order valence-corrected chi connectivity index (χ0v) is 6.74. The molecule has 0 fully saturated rings. The second-order valence-electron chi connectivity index (χ2n) is 2.49. The van der Waals surface area contributed by atoms with E-state index < -0.39 is 17.7 Å². The van der Waals surface area contributed by atoms with Gasteiger partial charge < -0.3 is 0 Å². The molecule has 0 radical (unpaired) electrons. The Hall–Kier alpha value is -1.45. The summed E-state index contributed by atoms with van der Waals surface area (Å²) in [6.07, 6.45) is 3.08. The number of rotatable bonds is 2. The van der Waals surface area contributed by atoms with Gasteiger partial charge in [-0.1, -0.05) is 6.92 Å². The first-order valence-electron chi connectivity index (χ1n) is 3.75. The SMILES string of the molecule is CCCC(=O)N1C(=O)C=CC1=O. The molecule has 0 spiro atoms. The standard InChI is InChI=1S/C8H9NO3/c1-2-3-6(10)9-7(11)4-5-8(9)12/h4-5H,2-3H2,1H3. The minimum Gasteiger partial charge on any atom is -0.274 e. The molecule has 3 amide bonds. The largest absolute Gasteiger partial charge is 0.274 e. The Bertz CT molecular complexity index is 249. The molecule has 0 aromatic rings. The topological polar surface area (TPSA) is 54.5 Å². The van der Waals surface area contributed by atoms with Crippen molar-refractivity contribution < 1.29 is 14.4 Å². The van der Waals surface area contributed by atoms with E-state index in [0.29, 0.717) is 11.3 Å². The van der Waals surface area contributed by atoms with E-state index in [-0.39, 0.29) is 6.42 Å². The average Bonchev–Trinajstić information content (AvgIpc) is 2.32. The first kappa shape index (κ1) is 8.64. The Balaban J connectivity index is 2.70.